The van der Waals surface area contributed by atoms with Gasteiger partial charge in [0, 0.05) is 5.41 Å². The van der Waals surface area contributed by atoms with Crippen molar-refractivity contribution in [3.63, 3.8) is 0 Å². The zero-order valence-electron chi connectivity index (χ0n) is 10.5. The molecule has 0 N–H and O–H groups in total. The average molecular weight is 246 g/mol. The van der Waals surface area contributed by atoms with Crippen LogP contribution in [0.3, 0.4) is 0 Å². The van der Waals surface area contributed by atoms with Crippen LogP contribution in [0, 0.1) is 29.1 Å². The minimum absolute atomic E-state index is 0.0506. The first-order valence-corrected chi connectivity index (χ1v) is 6.88. The summed E-state index contributed by atoms with van der Waals surface area (Å²) in [7, 11) is 0. The summed E-state index contributed by atoms with van der Waals surface area (Å²) >= 11 is 0. The third-order valence-corrected chi connectivity index (χ3v) is 5.68. The molecular weight excluding hydrogens is 228 g/mol. The van der Waals surface area contributed by atoms with Crippen LogP contribution < -0.4 is 0 Å². The minimum Gasteiger partial charge on any atom is -0.211 e. The Hall–Kier alpha value is -1.24. The van der Waals surface area contributed by atoms with Crippen LogP contribution in [-0.2, 0) is 9.59 Å². The van der Waals surface area contributed by atoms with Gasteiger partial charge in [0.05, 0.1) is 13.1 Å². The van der Waals surface area contributed by atoms with E-state index in [0.29, 0.717) is 19.0 Å². The van der Waals surface area contributed by atoms with E-state index in [9.17, 15) is 9.59 Å². The Labute approximate surface area is 107 Å². The summed E-state index contributed by atoms with van der Waals surface area (Å²) in [6.07, 6.45) is 9.65. The van der Waals surface area contributed by atoms with E-state index in [1.165, 1.54) is 25.7 Å². The maximum Gasteiger partial charge on any atom is 0.234 e. The Balaban J connectivity index is 1.87. The number of rotatable bonds is 4. The molecule has 0 aromatic carbocycles. The second-order valence-electron chi connectivity index (χ2n) is 6.24. The van der Waals surface area contributed by atoms with Gasteiger partial charge in [-0.05, 0) is 49.4 Å². The first-order chi connectivity index (χ1) is 8.80. The number of carbonyl (C=O) groups excluding carboxylic acids is 2. The van der Waals surface area contributed by atoms with Gasteiger partial charge < -0.3 is 0 Å². The number of isocyanates is 2. The van der Waals surface area contributed by atoms with Gasteiger partial charge in [0.15, 0.2) is 0 Å². The molecule has 0 heterocycles. The Morgan fingerprint density at radius 1 is 1.06 bits per heavy atom. The van der Waals surface area contributed by atoms with Crippen molar-refractivity contribution in [3.8, 4) is 0 Å². The fourth-order valence-corrected chi connectivity index (χ4v) is 5.18. The zero-order chi connectivity index (χ0) is 12.6. The average Bonchev–Trinajstić information content (AvgIpc) is 3.05. The minimum atomic E-state index is -0.0506. The molecule has 2 bridgehead atoms. The number of hydrogen-bond donors (Lipinski definition) is 0. The topological polar surface area (TPSA) is 58.9 Å². The summed E-state index contributed by atoms with van der Waals surface area (Å²) in [5.41, 5.74) is -0.0506. The highest BCUT2D eigenvalue weighted by atomic mass is 16.1. The third kappa shape index (κ3) is 1.60. The van der Waals surface area contributed by atoms with Crippen molar-refractivity contribution < 1.29 is 9.59 Å². The van der Waals surface area contributed by atoms with Crippen LogP contribution in [0.2, 0.25) is 0 Å². The van der Waals surface area contributed by atoms with E-state index in [0.717, 1.165) is 24.2 Å². The Morgan fingerprint density at radius 3 is 2.39 bits per heavy atom. The molecule has 0 aromatic rings. The van der Waals surface area contributed by atoms with Gasteiger partial charge in [-0.25, -0.2) is 19.6 Å². The van der Waals surface area contributed by atoms with Crippen LogP contribution >= 0.6 is 0 Å². The Morgan fingerprint density at radius 2 is 1.72 bits per heavy atom. The Bertz CT molecular complexity index is 415. The van der Waals surface area contributed by atoms with Gasteiger partial charge in [0.1, 0.15) is 0 Å². The van der Waals surface area contributed by atoms with E-state index in [1.807, 2.05) is 0 Å². The van der Waals surface area contributed by atoms with Crippen LogP contribution in [0.5, 0.6) is 0 Å². The maximum absolute atomic E-state index is 10.4. The standard InChI is InChI=1S/C14H18N2O2/c17-8-15-6-14(7-16-9-18)5-10-4-13(14)12-3-1-2-11(10)12/h10-13H,1-7H2. The molecule has 4 atom stereocenters. The van der Waals surface area contributed by atoms with Gasteiger partial charge >= 0.3 is 0 Å². The number of hydrogen-bond acceptors (Lipinski definition) is 4. The summed E-state index contributed by atoms with van der Waals surface area (Å²) in [6.45, 7) is 0.984. The molecule has 3 aliphatic carbocycles. The van der Waals surface area contributed by atoms with Crippen LogP contribution in [0.4, 0.5) is 0 Å². The van der Waals surface area contributed by atoms with Gasteiger partial charge in [0.2, 0.25) is 12.2 Å². The molecule has 18 heavy (non-hydrogen) atoms. The predicted octanol–water partition coefficient (Wildman–Crippen LogP) is 2.10. The van der Waals surface area contributed by atoms with Gasteiger partial charge in [-0.15, -0.1) is 0 Å². The molecule has 4 heteroatoms. The van der Waals surface area contributed by atoms with Crippen molar-refractivity contribution >= 4 is 12.2 Å². The van der Waals surface area contributed by atoms with Gasteiger partial charge in [-0.3, -0.25) is 0 Å². The second-order valence-corrected chi connectivity index (χ2v) is 6.24. The summed E-state index contributed by atoms with van der Waals surface area (Å²) in [5, 5.41) is 0. The highest BCUT2D eigenvalue weighted by Crippen LogP contribution is 2.65. The summed E-state index contributed by atoms with van der Waals surface area (Å²) in [6, 6.07) is 0. The molecule has 3 aliphatic rings. The van der Waals surface area contributed by atoms with Crippen molar-refractivity contribution in [3.05, 3.63) is 0 Å². The zero-order valence-corrected chi connectivity index (χ0v) is 10.5. The molecule has 0 aromatic heterocycles. The van der Waals surface area contributed by atoms with E-state index in [2.05, 4.69) is 9.98 Å². The van der Waals surface area contributed by atoms with E-state index in [1.54, 1.807) is 12.2 Å². The predicted molar refractivity (Wildman–Crippen MR) is 65.5 cm³/mol. The van der Waals surface area contributed by atoms with E-state index in [4.69, 9.17) is 0 Å². The maximum atomic E-state index is 10.4. The number of fused-ring (bicyclic) bond motifs is 5. The molecule has 0 saturated heterocycles. The molecular formula is C14H18N2O2. The molecule has 0 amide bonds. The lowest BCUT2D eigenvalue weighted by atomic mass is 9.65. The molecule has 0 aliphatic heterocycles. The van der Waals surface area contributed by atoms with E-state index in [-0.39, 0.29) is 5.41 Å². The molecule has 0 spiro atoms. The van der Waals surface area contributed by atoms with Crippen molar-refractivity contribution in [2.45, 2.75) is 32.1 Å². The lowest BCUT2D eigenvalue weighted by Crippen LogP contribution is -2.40. The third-order valence-electron chi connectivity index (χ3n) is 5.68. The first kappa shape index (κ1) is 11.8. The van der Waals surface area contributed by atoms with Crippen LogP contribution in [-0.4, -0.2) is 25.2 Å². The summed E-state index contributed by atoms with van der Waals surface area (Å²) < 4.78 is 0. The van der Waals surface area contributed by atoms with Gasteiger partial charge in [-0.1, -0.05) is 6.42 Å². The lowest BCUT2D eigenvalue weighted by Gasteiger charge is -2.40. The monoisotopic (exact) mass is 246 g/mol. The number of aliphatic imine (C=N–C) groups is 2. The quantitative estimate of drug-likeness (QED) is 0.563. The van der Waals surface area contributed by atoms with Crippen molar-refractivity contribution in [2.75, 3.05) is 13.1 Å². The summed E-state index contributed by atoms with van der Waals surface area (Å²) in [5.74, 6) is 3.05. The van der Waals surface area contributed by atoms with Crippen LogP contribution in [0.15, 0.2) is 9.98 Å². The van der Waals surface area contributed by atoms with Gasteiger partial charge in [0.25, 0.3) is 0 Å². The number of nitrogens with zero attached hydrogens (tertiary/aromatic N) is 2. The lowest BCUT2D eigenvalue weighted by molar-refractivity contribution is 0.0982. The van der Waals surface area contributed by atoms with Gasteiger partial charge in [-0.2, -0.15) is 0 Å². The molecule has 96 valence electrons. The normalized spacial score (nSPS) is 44.2. The molecule has 0 radical (unpaired) electrons. The highest BCUT2D eigenvalue weighted by molar-refractivity contribution is 5.34. The largest absolute Gasteiger partial charge is 0.234 e. The fraction of sp³-hybridized carbons (Fsp3) is 0.857. The molecule has 4 unspecified atom stereocenters. The SMILES string of the molecule is O=C=NCC1(CN=C=O)CC2CC1C1CCCC21. The van der Waals surface area contributed by atoms with Crippen molar-refractivity contribution in [1.29, 1.82) is 0 Å². The molecule has 3 rings (SSSR count). The molecule has 4 nitrogen and oxygen atoms in total. The molecule has 3 saturated carbocycles. The highest BCUT2D eigenvalue weighted by Gasteiger charge is 2.60. The Kier molecular flexibility index (Phi) is 2.93. The van der Waals surface area contributed by atoms with E-state index >= 15 is 0 Å². The van der Waals surface area contributed by atoms with Crippen LogP contribution in [0.1, 0.15) is 32.1 Å². The van der Waals surface area contributed by atoms with E-state index < -0.39 is 0 Å². The van der Waals surface area contributed by atoms with Crippen molar-refractivity contribution in [2.24, 2.45) is 39.1 Å². The second kappa shape index (κ2) is 4.46. The van der Waals surface area contributed by atoms with Crippen LogP contribution in [0.25, 0.3) is 0 Å². The first-order valence-electron chi connectivity index (χ1n) is 6.88. The smallest absolute Gasteiger partial charge is 0.211 e. The van der Waals surface area contributed by atoms with Crippen molar-refractivity contribution in [1.82, 2.24) is 0 Å². The summed E-state index contributed by atoms with van der Waals surface area (Å²) in [4.78, 5) is 28.5. The fourth-order valence-electron chi connectivity index (χ4n) is 5.18. The molecule has 3 fully saturated rings.